The van der Waals surface area contributed by atoms with Crippen LogP contribution in [0.3, 0.4) is 0 Å². The van der Waals surface area contributed by atoms with Crippen molar-refractivity contribution in [2.24, 2.45) is 7.05 Å². The first kappa shape index (κ1) is 17.1. The van der Waals surface area contributed by atoms with E-state index in [1.807, 2.05) is 13.1 Å². The molecule has 0 bridgehead atoms. The van der Waals surface area contributed by atoms with Crippen LogP contribution in [0.15, 0.2) is 53.1 Å². The summed E-state index contributed by atoms with van der Waals surface area (Å²) in [4.78, 5) is 12.0. The van der Waals surface area contributed by atoms with Crippen molar-refractivity contribution in [1.29, 1.82) is 0 Å². The van der Waals surface area contributed by atoms with Crippen LogP contribution in [0.4, 0.5) is 25.0 Å². The van der Waals surface area contributed by atoms with Crippen molar-refractivity contribution < 1.29 is 13.6 Å². The number of anilines is 2. The van der Waals surface area contributed by atoms with Crippen LogP contribution in [0, 0.1) is 11.6 Å². The van der Waals surface area contributed by atoms with Crippen molar-refractivity contribution >= 4 is 33.3 Å². The third kappa shape index (κ3) is 3.85. The molecule has 3 rings (SSSR count). The van der Waals surface area contributed by atoms with E-state index in [9.17, 15) is 13.6 Å². The number of hydrogen-bond donors (Lipinski definition) is 2. The number of hydrogen-bond acceptors (Lipinski definition) is 2. The second kappa shape index (κ2) is 7.02. The van der Waals surface area contributed by atoms with E-state index < -0.39 is 17.7 Å². The van der Waals surface area contributed by atoms with Gasteiger partial charge in [0, 0.05) is 30.1 Å². The molecule has 2 N–H and O–H groups in total. The molecule has 0 aliphatic rings. The molecule has 25 heavy (non-hydrogen) atoms. The fraction of sp³-hybridized carbons (Fsp3) is 0.0588. The van der Waals surface area contributed by atoms with E-state index in [4.69, 9.17) is 0 Å². The van der Waals surface area contributed by atoms with Crippen molar-refractivity contribution in [1.82, 2.24) is 9.78 Å². The highest BCUT2D eigenvalue weighted by molar-refractivity contribution is 9.10. The normalized spacial score (nSPS) is 10.6. The molecule has 0 saturated carbocycles. The number of nitrogens with one attached hydrogen (secondary N) is 2. The molecule has 3 aromatic rings. The molecule has 0 aliphatic heterocycles. The number of rotatable bonds is 3. The largest absolute Gasteiger partial charge is 0.323 e. The maximum absolute atomic E-state index is 13.2. The number of aromatic nitrogens is 2. The topological polar surface area (TPSA) is 59.0 Å². The minimum Gasteiger partial charge on any atom is -0.308 e. The average molecular weight is 407 g/mol. The summed E-state index contributed by atoms with van der Waals surface area (Å²) in [5.74, 6) is -2.00. The monoisotopic (exact) mass is 406 g/mol. The average Bonchev–Trinajstić information content (AvgIpc) is 2.90. The zero-order valence-electron chi connectivity index (χ0n) is 13.1. The summed E-state index contributed by atoms with van der Waals surface area (Å²) in [5.41, 5.74) is 2.43. The first-order chi connectivity index (χ1) is 11.9. The van der Waals surface area contributed by atoms with E-state index in [-0.39, 0.29) is 5.69 Å². The van der Waals surface area contributed by atoms with Crippen molar-refractivity contribution in [2.75, 3.05) is 10.6 Å². The summed E-state index contributed by atoms with van der Waals surface area (Å²) < 4.78 is 28.6. The van der Waals surface area contributed by atoms with Gasteiger partial charge in [0.2, 0.25) is 0 Å². The fourth-order valence-corrected chi connectivity index (χ4v) is 2.92. The van der Waals surface area contributed by atoms with Gasteiger partial charge in [-0.3, -0.25) is 4.68 Å². The smallest absolute Gasteiger partial charge is 0.308 e. The van der Waals surface area contributed by atoms with Crippen LogP contribution in [-0.4, -0.2) is 15.8 Å². The zero-order valence-corrected chi connectivity index (χ0v) is 14.6. The van der Waals surface area contributed by atoms with Gasteiger partial charge in [0.25, 0.3) is 0 Å². The standard InChI is InChI=1S/C17H13BrF2N4O/c1-24-16(13(18)9-21-24)10-3-2-4-11(7-10)22-17(25)23-12-5-6-14(19)15(20)8-12/h2-9H,1H3,(H2,22,23,25). The first-order valence-corrected chi connectivity index (χ1v) is 8.04. The van der Waals surface area contributed by atoms with Crippen LogP contribution in [0.2, 0.25) is 0 Å². The summed E-state index contributed by atoms with van der Waals surface area (Å²) in [6, 6.07) is 9.77. The number of urea groups is 1. The van der Waals surface area contributed by atoms with Crippen molar-refractivity contribution in [3.05, 3.63) is 64.8 Å². The van der Waals surface area contributed by atoms with Gasteiger partial charge in [-0.15, -0.1) is 0 Å². The summed E-state index contributed by atoms with van der Waals surface area (Å²) in [7, 11) is 1.82. The van der Waals surface area contributed by atoms with E-state index in [1.54, 1.807) is 29.1 Å². The summed E-state index contributed by atoms with van der Waals surface area (Å²) in [6.07, 6.45) is 1.69. The molecule has 2 amide bonds. The molecule has 128 valence electrons. The molecule has 0 fully saturated rings. The highest BCUT2D eigenvalue weighted by Gasteiger charge is 2.11. The molecule has 1 aromatic heterocycles. The van der Waals surface area contributed by atoms with Gasteiger partial charge in [0.15, 0.2) is 11.6 Å². The summed E-state index contributed by atoms with van der Waals surface area (Å²) >= 11 is 3.44. The lowest BCUT2D eigenvalue weighted by molar-refractivity contribution is 0.262. The Morgan fingerprint density at radius 1 is 1.08 bits per heavy atom. The number of aryl methyl sites for hydroxylation is 1. The second-order valence-corrected chi connectivity index (χ2v) is 6.11. The zero-order chi connectivity index (χ0) is 18.0. The predicted molar refractivity (Wildman–Crippen MR) is 95.3 cm³/mol. The van der Waals surface area contributed by atoms with Crippen molar-refractivity contribution in [3.8, 4) is 11.3 Å². The molecule has 0 saturated heterocycles. The van der Waals surface area contributed by atoms with Crippen LogP contribution in [0.1, 0.15) is 0 Å². The van der Waals surface area contributed by atoms with Gasteiger partial charge in [0.05, 0.1) is 16.4 Å². The molecule has 2 aromatic carbocycles. The van der Waals surface area contributed by atoms with Gasteiger partial charge >= 0.3 is 6.03 Å². The third-order valence-electron chi connectivity index (χ3n) is 3.47. The second-order valence-electron chi connectivity index (χ2n) is 5.25. The highest BCUT2D eigenvalue weighted by Crippen LogP contribution is 2.29. The molecule has 1 heterocycles. The number of benzene rings is 2. The van der Waals surface area contributed by atoms with Crippen LogP contribution < -0.4 is 10.6 Å². The molecular formula is C17H13BrF2N4O. The Hall–Kier alpha value is -2.74. The maximum Gasteiger partial charge on any atom is 0.323 e. The van der Waals surface area contributed by atoms with Gasteiger partial charge in [0.1, 0.15) is 0 Å². The Labute approximate surface area is 150 Å². The number of nitrogens with zero attached hydrogens (tertiary/aromatic N) is 2. The minimum absolute atomic E-state index is 0.155. The van der Waals surface area contributed by atoms with Gasteiger partial charge < -0.3 is 10.6 Å². The van der Waals surface area contributed by atoms with Crippen molar-refractivity contribution in [2.45, 2.75) is 0 Å². The summed E-state index contributed by atoms with van der Waals surface area (Å²) in [5, 5.41) is 9.26. The Morgan fingerprint density at radius 3 is 2.44 bits per heavy atom. The number of carbonyl (C=O) groups excluding carboxylic acids is 1. The Kier molecular flexibility index (Phi) is 4.80. The number of amides is 2. The van der Waals surface area contributed by atoms with Crippen LogP contribution in [-0.2, 0) is 7.05 Å². The minimum atomic E-state index is -1.03. The van der Waals surface area contributed by atoms with E-state index in [1.165, 1.54) is 6.07 Å². The summed E-state index contributed by atoms with van der Waals surface area (Å²) in [6.45, 7) is 0. The van der Waals surface area contributed by atoms with Crippen molar-refractivity contribution in [3.63, 3.8) is 0 Å². The molecule has 0 unspecified atom stereocenters. The Morgan fingerprint density at radius 2 is 1.80 bits per heavy atom. The van der Waals surface area contributed by atoms with Crippen LogP contribution in [0.25, 0.3) is 11.3 Å². The Bertz CT molecular complexity index is 923. The molecule has 0 atom stereocenters. The molecule has 8 heteroatoms. The van der Waals surface area contributed by atoms with Gasteiger partial charge in [-0.2, -0.15) is 5.10 Å². The maximum atomic E-state index is 13.2. The van der Waals surface area contributed by atoms with Crippen LogP contribution >= 0.6 is 15.9 Å². The first-order valence-electron chi connectivity index (χ1n) is 7.25. The van der Waals surface area contributed by atoms with Gasteiger partial charge in [-0.1, -0.05) is 12.1 Å². The van der Waals surface area contributed by atoms with E-state index in [0.717, 1.165) is 27.9 Å². The lowest BCUT2D eigenvalue weighted by Gasteiger charge is -2.10. The van der Waals surface area contributed by atoms with Crippen LogP contribution in [0.5, 0.6) is 0 Å². The molecule has 0 aliphatic carbocycles. The van der Waals surface area contributed by atoms with E-state index in [0.29, 0.717) is 5.69 Å². The number of carbonyl (C=O) groups is 1. The fourth-order valence-electron chi connectivity index (χ4n) is 2.35. The lowest BCUT2D eigenvalue weighted by Crippen LogP contribution is -2.19. The predicted octanol–water partition coefficient (Wildman–Crippen LogP) is 4.77. The highest BCUT2D eigenvalue weighted by atomic mass is 79.9. The molecule has 0 spiro atoms. The molecule has 0 radical (unpaired) electrons. The quantitative estimate of drug-likeness (QED) is 0.657. The third-order valence-corrected chi connectivity index (χ3v) is 4.05. The SMILES string of the molecule is Cn1ncc(Br)c1-c1cccc(NC(=O)Nc2ccc(F)c(F)c2)c1. The van der Waals surface area contributed by atoms with E-state index >= 15 is 0 Å². The lowest BCUT2D eigenvalue weighted by atomic mass is 10.1. The number of halogens is 3. The molecule has 5 nitrogen and oxygen atoms in total. The molecular weight excluding hydrogens is 394 g/mol. The Balaban J connectivity index is 1.76. The van der Waals surface area contributed by atoms with E-state index in [2.05, 4.69) is 31.7 Å². The van der Waals surface area contributed by atoms with Gasteiger partial charge in [-0.05, 0) is 40.2 Å². The van der Waals surface area contributed by atoms with Gasteiger partial charge in [-0.25, -0.2) is 13.6 Å².